The summed E-state index contributed by atoms with van der Waals surface area (Å²) in [6.45, 7) is 7.90. The van der Waals surface area contributed by atoms with Gasteiger partial charge in [0.2, 0.25) is 0 Å². The first-order chi connectivity index (χ1) is 10.8. The molecule has 0 N–H and O–H groups in total. The molecule has 0 aromatic heterocycles. The number of allylic oxidation sites excluding steroid dienone is 1. The third-order valence-electron chi connectivity index (χ3n) is 4.05. The van der Waals surface area contributed by atoms with E-state index in [1.165, 1.54) is 5.56 Å². The van der Waals surface area contributed by atoms with E-state index in [0.717, 1.165) is 51.1 Å². The summed E-state index contributed by atoms with van der Waals surface area (Å²) in [5.74, 6) is 1.35. The summed E-state index contributed by atoms with van der Waals surface area (Å²) in [6, 6.07) is 8.34. The maximum absolute atomic E-state index is 5.86. The molecule has 1 aromatic rings. The second kappa shape index (κ2) is 9.65. The van der Waals surface area contributed by atoms with Crippen molar-refractivity contribution in [3.05, 3.63) is 42.5 Å². The molecule has 2 atom stereocenters. The van der Waals surface area contributed by atoms with Crippen molar-refractivity contribution in [1.82, 2.24) is 0 Å². The average Bonchev–Trinajstić information content (AvgIpc) is 2.57. The van der Waals surface area contributed by atoms with Gasteiger partial charge in [-0.1, -0.05) is 31.6 Å². The Kier molecular flexibility index (Phi) is 7.47. The molecule has 1 aliphatic rings. The van der Waals surface area contributed by atoms with Gasteiger partial charge in [-0.2, -0.15) is 0 Å². The fourth-order valence-corrected chi connectivity index (χ4v) is 2.76. The SMILES string of the molecule is C=CCCC[C@@H]1COCO[C@H]1c1ccc(OCCCC)cc1. The lowest BCUT2D eigenvalue weighted by atomic mass is 9.91. The minimum absolute atomic E-state index is 0.128. The van der Waals surface area contributed by atoms with E-state index >= 15 is 0 Å². The van der Waals surface area contributed by atoms with Crippen LogP contribution in [0.15, 0.2) is 36.9 Å². The van der Waals surface area contributed by atoms with E-state index in [2.05, 4.69) is 25.6 Å². The first kappa shape index (κ1) is 17.0. The van der Waals surface area contributed by atoms with Crippen LogP contribution in [-0.4, -0.2) is 20.0 Å². The monoisotopic (exact) mass is 304 g/mol. The number of benzene rings is 1. The fraction of sp³-hybridized carbons (Fsp3) is 0.579. The molecule has 0 spiro atoms. The van der Waals surface area contributed by atoms with Crippen molar-refractivity contribution in [1.29, 1.82) is 0 Å². The molecule has 0 amide bonds. The lowest BCUT2D eigenvalue weighted by Crippen LogP contribution is -2.28. The van der Waals surface area contributed by atoms with Crippen molar-refractivity contribution >= 4 is 0 Å². The van der Waals surface area contributed by atoms with E-state index in [4.69, 9.17) is 14.2 Å². The van der Waals surface area contributed by atoms with Gasteiger partial charge in [0.05, 0.1) is 19.3 Å². The van der Waals surface area contributed by atoms with Gasteiger partial charge in [-0.25, -0.2) is 0 Å². The molecule has 1 heterocycles. The molecule has 22 heavy (non-hydrogen) atoms. The highest BCUT2D eigenvalue weighted by atomic mass is 16.7. The zero-order valence-corrected chi connectivity index (χ0v) is 13.6. The molecule has 0 saturated carbocycles. The Balaban J connectivity index is 1.93. The van der Waals surface area contributed by atoms with Crippen LogP contribution in [0.3, 0.4) is 0 Å². The van der Waals surface area contributed by atoms with Crippen molar-refractivity contribution < 1.29 is 14.2 Å². The first-order valence-electron chi connectivity index (χ1n) is 8.38. The second-order valence-corrected chi connectivity index (χ2v) is 5.83. The predicted octanol–water partition coefficient (Wildman–Crippen LogP) is 4.88. The Morgan fingerprint density at radius 1 is 1.27 bits per heavy atom. The number of unbranched alkanes of at least 4 members (excludes halogenated alkanes) is 2. The van der Waals surface area contributed by atoms with E-state index < -0.39 is 0 Å². The van der Waals surface area contributed by atoms with Gasteiger partial charge in [0.25, 0.3) is 0 Å². The molecule has 0 unspecified atom stereocenters. The van der Waals surface area contributed by atoms with Crippen molar-refractivity contribution in [2.75, 3.05) is 20.0 Å². The Morgan fingerprint density at radius 2 is 2.09 bits per heavy atom. The Hall–Kier alpha value is -1.32. The van der Waals surface area contributed by atoms with Gasteiger partial charge in [0.15, 0.2) is 0 Å². The summed E-state index contributed by atoms with van der Waals surface area (Å²) in [5.41, 5.74) is 1.22. The highest BCUT2D eigenvalue weighted by Gasteiger charge is 2.27. The van der Waals surface area contributed by atoms with Crippen molar-refractivity contribution in [2.24, 2.45) is 5.92 Å². The van der Waals surface area contributed by atoms with Crippen LogP contribution in [0.4, 0.5) is 0 Å². The van der Waals surface area contributed by atoms with Gasteiger partial charge in [-0.05, 0) is 43.4 Å². The molecule has 1 aliphatic heterocycles. The highest BCUT2D eigenvalue weighted by molar-refractivity contribution is 5.29. The van der Waals surface area contributed by atoms with Crippen LogP contribution < -0.4 is 4.74 Å². The molecule has 0 radical (unpaired) electrons. The fourth-order valence-electron chi connectivity index (χ4n) is 2.76. The smallest absolute Gasteiger partial charge is 0.147 e. The second-order valence-electron chi connectivity index (χ2n) is 5.83. The summed E-state index contributed by atoms with van der Waals surface area (Å²) in [6.07, 6.45) is 7.63. The van der Waals surface area contributed by atoms with Crippen LogP contribution >= 0.6 is 0 Å². The lowest BCUT2D eigenvalue weighted by Gasteiger charge is -2.32. The molecule has 122 valence electrons. The minimum atomic E-state index is 0.128. The summed E-state index contributed by atoms with van der Waals surface area (Å²) in [4.78, 5) is 0. The number of hydrogen-bond donors (Lipinski definition) is 0. The molecule has 1 saturated heterocycles. The first-order valence-corrected chi connectivity index (χ1v) is 8.38. The van der Waals surface area contributed by atoms with Crippen LogP contribution in [0, 0.1) is 5.92 Å². The lowest BCUT2D eigenvalue weighted by molar-refractivity contribution is -0.174. The highest BCUT2D eigenvalue weighted by Crippen LogP contribution is 2.33. The molecule has 1 aromatic carbocycles. The van der Waals surface area contributed by atoms with Gasteiger partial charge in [0, 0.05) is 5.92 Å². The molecular weight excluding hydrogens is 276 g/mol. The van der Waals surface area contributed by atoms with E-state index in [0.29, 0.717) is 12.7 Å². The Labute approximate surface area is 134 Å². The largest absolute Gasteiger partial charge is 0.494 e. The van der Waals surface area contributed by atoms with Gasteiger partial charge in [-0.15, -0.1) is 6.58 Å². The van der Waals surface area contributed by atoms with E-state index in [9.17, 15) is 0 Å². The van der Waals surface area contributed by atoms with E-state index in [1.807, 2.05) is 18.2 Å². The minimum Gasteiger partial charge on any atom is -0.494 e. The summed E-state index contributed by atoms with van der Waals surface area (Å²) >= 11 is 0. The van der Waals surface area contributed by atoms with Crippen LogP contribution in [0.5, 0.6) is 5.75 Å². The average molecular weight is 304 g/mol. The maximum Gasteiger partial charge on any atom is 0.147 e. The quantitative estimate of drug-likeness (QED) is 0.480. The molecule has 0 aliphatic carbocycles. The van der Waals surface area contributed by atoms with Crippen molar-refractivity contribution in [2.45, 2.75) is 45.1 Å². The van der Waals surface area contributed by atoms with Crippen LogP contribution in [0.1, 0.15) is 50.7 Å². The molecule has 3 heteroatoms. The molecule has 2 rings (SSSR count). The summed E-state index contributed by atoms with van der Waals surface area (Å²) in [7, 11) is 0. The van der Waals surface area contributed by atoms with Crippen molar-refractivity contribution in [3.8, 4) is 5.75 Å². The third-order valence-corrected chi connectivity index (χ3v) is 4.05. The summed E-state index contributed by atoms with van der Waals surface area (Å²) in [5, 5.41) is 0. The van der Waals surface area contributed by atoms with Crippen LogP contribution in [-0.2, 0) is 9.47 Å². The number of hydrogen-bond acceptors (Lipinski definition) is 3. The molecular formula is C19H28O3. The van der Waals surface area contributed by atoms with Gasteiger partial charge < -0.3 is 14.2 Å². The van der Waals surface area contributed by atoms with E-state index in [-0.39, 0.29) is 6.10 Å². The zero-order valence-electron chi connectivity index (χ0n) is 13.6. The number of rotatable bonds is 9. The van der Waals surface area contributed by atoms with Gasteiger partial charge in [0.1, 0.15) is 12.5 Å². The summed E-state index contributed by atoms with van der Waals surface area (Å²) < 4.78 is 17.1. The van der Waals surface area contributed by atoms with Crippen LogP contribution in [0.2, 0.25) is 0 Å². The predicted molar refractivity (Wildman–Crippen MR) is 89.0 cm³/mol. The maximum atomic E-state index is 5.86. The zero-order chi connectivity index (χ0) is 15.6. The molecule has 0 bridgehead atoms. The normalized spacial score (nSPS) is 21.5. The van der Waals surface area contributed by atoms with Crippen LogP contribution in [0.25, 0.3) is 0 Å². The standard InChI is InChI=1S/C19H28O3/c1-3-5-7-8-17-14-20-15-22-19(17)16-9-11-18(12-10-16)21-13-6-4-2/h3,9-12,17,19H,1,4-8,13-15H2,2H3/t17-,19+/m1/s1. The van der Waals surface area contributed by atoms with E-state index in [1.54, 1.807) is 0 Å². The number of ether oxygens (including phenoxy) is 3. The molecule has 1 fully saturated rings. The van der Waals surface area contributed by atoms with Crippen molar-refractivity contribution in [3.63, 3.8) is 0 Å². The Bertz CT molecular complexity index is 427. The topological polar surface area (TPSA) is 27.7 Å². The molecule has 3 nitrogen and oxygen atoms in total. The van der Waals surface area contributed by atoms with Gasteiger partial charge >= 0.3 is 0 Å². The Morgan fingerprint density at radius 3 is 2.82 bits per heavy atom. The third kappa shape index (κ3) is 5.15. The van der Waals surface area contributed by atoms with Gasteiger partial charge in [-0.3, -0.25) is 0 Å².